The van der Waals surface area contributed by atoms with E-state index >= 15 is 0 Å². The Morgan fingerprint density at radius 1 is 1.18 bits per heavy atom. The van der Waals surface area contributed by atoms with Crippen LogP contribution in [0, 0.1) is 18.8 Å². The molecule has 0 aliphatic rings. The highest BCUT2D eigenvalue weighted by atomic mass is 16.3. The number of aryl methyl sites for hydroxylation is 1. The van der Waals surface area contributed by atoms with E-state index in [4.69, 9.17) is 11.5 Å². The van der Waals surface area contributed by atoms with Crippen LogP contribution in [0.15, 0.2) is 18.2 Å². The van der Waals surface area contributed by atoms with E-state index in [1.807, 2.05) is 13.0 Å². The lowest BCUT2D eigenvalue weighted by atomic mass is 9.79. The molecule has 1 rings (SSSR count). The highest BCUT2D eigenvalue weighted by Crippen LogP contribution is 2.32. The van der Waals surface area contributed by atoms with Gasteiger partial charge in [0, 0.05) is 0 Å². The second-order valence-electron chi connectivity index (χ2n) is 4.92. The van der Waals surface area contributed by atoms with Crippen molar-refractivity contribution in [2.75, 3.05) is 13.1 Å². The third-order valence-corrected chi connectivity index (χ3v) is 3.88. The van der Waals surface area contributed by atoms with Crippen molar-refractivity contribution in [3.05, 3.63) is 29.3 Å². The average molecular weight is 236 g/mol. The summed E-state index contributed by atoms with van der Waals surface area (Å²) in [5.74, 6) is 1.50. The second kappa shape index (κ2) is 6.03. The molecular formula is C14H24N2O. The van der Waals surface area contributed by atoms with E-state index in [-0.39, 0.29) is 0 Å². The van der Waals surface area contributed by atoms with Crippen molar-refractivity contribution in [3.8, 4) is 5.75 Å². The third-order valence-electron chi connectivity index (χ3n) is 3.88. The molecule has 0 bridgehead atoms. The zero-order chi connectivity index (χ0) is 13.0. The fourth-order valence-corrected chi connectivity index (χ4v) is 2.39. The van der Waals surface area contributed by atoms with E-state index in [0.717, 1.165) is 5.56 Å². The molecule has 0 aromatic heterocycles. The summed E-state index contributed by atoms with van der Waals surface area (Å²) in [6, 6.07) is 5.54. The molecule has 0 saturated heterocycles. The molecule has 2 atom stereocenters. The van der Waals surface area contributed by atoms with Gasteiger partial charge in [-0.25, -0.2) is 0 Å². The van der Waals surface area contributed by atoms with E-state index in [0.29, 0.717) is 36.6 Å². The van der Waals surface area contributed by atoms with Gasteiger partial charge < -0.3 is 16.6 Å². The number of hydrogen-bond acceptors (Lipinski definition) is 3. The van der Waals surface area contributed by atoms with Gasteiger partial charge in [0.1, 0.15) is 5.75 Å². The Morgan fingerprint density at radius 3 is 2.24 bits per heavy atom. The molecule has 2 unspecified atom stereocenters. The average Bonchev–Trinajstić information content (AvgIpc) is 2.29. The molecule has 0 amide bonds. The smallest absolute Gasteiger partial charge is 0.115 e. The maximum absolute atomic E-state index is 9.42. The van der Waals surface area contributed by atoms with Crippen LogP contribution in [0.3, 0.4) is 0 Å². The topological polar surface area (TPSA) is 72.3 Å². The summed E-state index contributed by atoms with van der Waals surface area (Å²) < 4.78 is 0. The zero-order valence-corrected chi connectivity index (χ0v) is 11.0. The van der Waals surface area contributed by atoms with Gasteiger partial charge in [0.2, 0.25) is 0 Å². The molecule has 17 heavy (non-hydrogen) atoms. The third kappa shape index (κ3) is 3.20. The quantitative estimate of drug-likeness (QED) is 0.732. The Morgan fingerprint density at radius 2 is 1.76 bits per heavy atom. The highest BCUT2D eigenvalue weighted by Gasteiger charge is 2.22. The van der Waals surface area contributed by atoms with Crippen LogP contribution in [0.25, 0.3) is 0 Å². The van der Waals surface area contributed by atoms with Crippen molar-refractivity contribution in [1.29, 1.82) is 0 Å². The van der Waals surface area contributed by atoms with Crippen molar-refractivity contribution in [2.45, 2.75) is 26.7 Å². The normalized spacial score (nSPS) is 14.9. The summed E-state index contributed by atoms with van der Waals surface area (Å²) in [6.07, 6.45) is 0. The van der Waals surface area contributed by atoms with Crippen LogP contribution in [0.4, 0.5) is 0 Å². The van der Waals surface area contributed by atoms with E-state index in [1.54, 1.807) is 12.1 Å². The number of benzene rings is 1. The maximum Gasteiger partial charge on any atom is 0.115 e. The molecule has 3 nitrogen and oxygen atoms in total. The number of aromatic hydroxyl groups is 1. The molecule has 0 spiro atoms. The van der Waals surface area contributed by atoms with Crippen LogP contribution in [-0.4, -0.2) is 18.2 Å². The van der Waals surface area contributed by atoms with Crippen molar-refractivity contribution in [2.24, 2.45) is 23.3 Å². The molecule has 3 heteroatoms. The minimum Gasteiger partial charge on any atom is -0.508 e. The van der Waals surface area contributed by atoms with Gasteiger partial charge in [-0.2, -0.15) is 0 Å². The molecular weight excluding hydrogens is 212 g/mol. The van der Waals surface area contributed by atoms with Crippen LogP contribution >= 0.6 is 0 Å². The lowest BCUT2D eigenvalue weighted by Crippen LogP contribution is -2.31. The number of nitrogens with two attached hydrogens (primary N) is 2. The van der Waals surface area contributed by atoms with E-state index in [2.05, 4.69) is 13.8 Å². The zero-order valence-electron chi connectivity index (χ0n) is 11.0. The fraction of sp³-hybridized carbons (Fsp3) is 0.571. The van der Waals surface area contributed by atoms with Crippen molar-refractivity contribution in [1.82, 2.24) is 0 Å². The minimum atomic E-state index is 0.320. The SMILES string of the molecule is Cc1cc(O)ccc1C(C)C(C)C(CN)CN. The predicted octanol–water partition coefficient (Wildman–Crippen LogP) is 1.97. The van der Waals surface area contributed by atoms with Crippen LogP contribution in [0.2, 0.25) is 0 Å². The molecule has 1 aromatic carbocycles. The largest absolute Gasteiger partial charge is 0.508 e. The molecule has 0 radical (unpaired) electrons. The number of rotatable bonds is 5. The predicted molar refractivity (Wildman–Crippen MR) is 72.0 cm³/mol. The van der Waals surface area contributed by atoms with Gasteiger partial charge >= 0.3 is 0 Å². The van der Waals surface area contributed by atoms with E-state index in [1.165, 1.54) is 5.56 Å². The lowest BCUT2D eigenvalue weighted by molar-refractivity contribution is 0.327. The Bertz CT molecular complexity index is 361. The molecule has 0 heterocycles. The first-order chi connectivity index (χ1) is 8.01. The summed E-state index contributed by atoms with van der Waals surface area (Å²) in [6.45, 7) is 7.67. The molecule has 0 saturated carbocycles. The van der Waals surface area contributed by atoms with Gasteiger partial charge in [0.05, 0.1) is 0 Å². The van der Waals surface area contributed by atoms with E-state index in [9.17, 15) is 5.11 Å². The summed E-state index contributed by atoms with van der Waals surface area (Å²) in [5, 5.41) is 9.42. The number of phenols is 1. The summed E-state index contributed by atoms with van der Waals surface area (Å²) in [7, 11) is 0. The second-order valence-corrected chi connectivity index (χ2v) is 4.92. The van der Waals surface area contributed by atoms with Crippen molar-refractivity contribution >= 4 is 0 Å². The summed E-state index contributed by atoms with van der Waals surface area (Å²) in [5.41, 5.74) is 13.9. The maximum atomic E-state index is 9.42. The van der Waals surface area contributed by atoms with Crippen LogP contribution < -0.4 is 11.5 Å². The van der Waals surface area contributed by atoms with Crippen molar-refractivity contribution in [3.63, 3.8) is 0 Å². The first-order valence-electron chi connectivity index (χ1n) is 6.20. The highest BCUT2D eigenvalue weighted by molar-refractivity contribution is 5.36. The first-order valence-corrected chi connectivity index (χ1v) is 6.20. The Balaban J connectivity index is 2.91. The van der Waals surface area contributed by atoms with E-state index < -0.39 is 0 Å². The Hall–Kier alpha value is -1.06. The molecule has 0 aliphatic carbocycles. The van der Waals surface area contributed by atoms with Crippen LogP contribution in [-0.2, 0) is 0 Å². The molecule has 0 fully saturated rings. The van der Waals surface area contributed by atoms with Crippen molar-refractivity contribution < 1.29 is 5.11 Å². The first kappa shape index (κ1) is 14.0. The summed E-state index contributed by atoms with van der Waals surface area (Å²) >= 11 is 0. The van der Waals surface area contributed by atoms with Gasteiger partial charge in [0.25, 0.3) is 0 Å². The van der Waals surface area contributed by atoms with Crippen LogP contribution in [0.5, 0.6) is 5.75 Å². The van der Waals surface area contributed by atoms with Crippen LogP contribution in [0.1, 0.15) is 30.9 Å². The van der Waals surface area contributed by atoms with Gasteiger partial charge in [-0.05, 0) is 61.0 Å². The molecule has 5 N–H and O–H groups in total. The van der Waals surface area contributed by atoms with Gasteiger partial charge in [-0.15, -0.1) is 0 Å². The summed E-state index contributed by atoms with van der Waals surface area (Å²) in [4.78, 5) is 0. The van der Waals surface area contributed by atoms with Gasteiger partial charge in [-0.3, -0.25) is 0 Å². The molecule has 1 aromatic rings. The molecule has 0 aliphatic heterocycles. The van der Waals surface area contributed by atoms with Gasteiger partial charge in [0.15, 0.2) is 0 Å². The molecule has 96 valence electrons. The number of hydrogen-bond donors (Lipinski definition) is 3. The Labute approximate surface area is 104 Å². The monoisotopic (exact) mass is 236 g/mol. The fourth-order valence-electron chi connectivity index (χ4n) is 2.39. The van der Waals surface area contributed by atoms with Gasteiger partial charge in [-0.1, -0.05) is 19.9 Å². The minimum absolute atomic E-state index is 0.320. The standard InChI is InChI=1S/C14H24N2O/c1-9-6-13(17)4-5-14(9)11(3)10(2)12(7-15)8-16/h4-6,10-12,17H,7-8,15-16H2,1-3H3. The number of phenolic OH excluding ortho intramolecular Hbond substituents is 1. The lowest BCUT2D eigenvalue weighted by Gasteiger charge is -2.28. The Kier molecular flexibility index (Phi) is 4.97.